The van der Waals surface area contributed by atoms with Crippen LogP contribution in [0.3, 0.4) is 0 Å². The summed E-state index contributed by atoms with van der Waals surface area (Å²) in [6.07, 6.45) is 12.9. The molecule has 4 aromatic rings. The van der Waals surface area contributed by atoms with Crippen LogP contribution in [-0.2, 0) is 6.42 Å². The lowest BCUT2D eigenvalue weighted by molar-refractivity contribution is 0.318. The lowest BCUT2D eigenvalue weighted by Crippen LogP contribution is -2.43. The van der Waals surface area contributed by atoms with E-state index in [0.717, 1.165) is 59.1 Å². The zero-order chi connectivity index (χ0) is 20.1. The average molecular weight is 396 g/mol. The lowest BCUT2D eigenvalue weighted by Gasteiger charge is -2.27. The predicted molar refractivity (Wildman–Crippen MR) is 114 cm³/mol. The second-order valence-corrected chi connectivity index (χ2v) is 7.82. The molecule has 4 aromatic heterocycles. The number of pyridine rings is 1. The van der Waals surface area contributed by atoms with Gasteiger partial charge in [0.15, 0.2) is 11.5 Å². The van der Waals surface area contributed by atoms with Gasteiger partial charge < -0.3 is 5.32 Å². The fourth-order valence-electron chi connectivity index (χ4n) is 3.83. The summed E-state index contributed by atoms with van der Waals surface area (Å²) in [6, 6.07) is 6.54. The Balaban J connectivity index is 1.31. The van der Waals surface area contributed by atoms with Crippen molar-refractivity contribution in [3.8, 4) is 11.1 Å². The van der Waals surface area contributed by atoms with Crippen LogP contribution in [0.1, 0.15) is 28.8 Å². The summed E-state index contributed by atoms with van der Waals surface area (Å²) in [6.45, 7) is 3.92. The van der Waals surface area contributed by atoms with Gasteiger partial charge >= 0.3 is 0 Å². The summed E-state index contributed by atoms with van der Waals surface area (Å²) < 4.78 is 3.83. The first-order valence-corrected chi connectivity index (χ1v) is 10.0. The van der Waals surface area contributed by atoms with Gasteiger partial charge in [0.05, 0.1) is 23.6 Å². The molecule has 0 atom stereocenters. The van der Waals surface area contributed by atoms with E-state index in [2.05, 4.69) is 55.1 Å². The molecule has 148 valence electrons. The number of rotatable bonds is 3. The predicted octanol–water partition coefficient (Wildman–Crippen LogP) is 2.49. The fourth-order valence-corrected chi connectivity index (χ4v) is 3.83. The van der Waals surface area contributed by atoms with E-state index in [1.165, 1.54) is 5.56 Å². The van der Waals surface area contributed by atoms with Gasteiger partial charge in [0.1, 0.15) is 0 Å². The number of nitrogens with zero attached hydrogens (tertiary/aromatic N) is 7. The van der Waals surface area contributed by atoms with E-state index >= 15 is 0 Å². The Morgan fingerprint density at radius 3 is 2.90 bits per heavy atom. The Labute approximate surface area is 173 Å². The van der Waals surface area contributed by atoms with Crippen molar-refractivity contribution in [3.05, 3.63) is 71.2 Å². The van der Waals surface area contributed by atoms with Gasteiger partial charge in [-0.25, -0.2) is 0 Å². The third-order valence-corrected chi connectivity index (χ3v) is 5.65. The number of aromatic nitrogens is 7. The zero-order valence-corrected chi connectivity index (χ0v) is 16.5. The molecule has 2 aliphatic rings. The van der Waals surface area contributed by atoms with Crippen LogP contribution in [0.4, 0.5) is 0 Å². The first-order chi connectivity index (χ1) is 14.7. The average Bonchev–Trinajstić information content (AvgIpc) is 3.34. The van der Waals surface area contributed by atoms with Crippen LogP contribution in [0.25, 0.3) is 28.9 Å². The molecule has 0 spiro atoms. The SMILES string of the molecule is Cc1ccc2nnc(C=C3C=Cc4ncc(-c5cnn(C6CNC6)c5)cc4C3)n2n1. The Bertz CT molecular complexity index is 1320. The quantitative estimate of drug-likeness (QED) is 0.573. The molecule has 0 radical (unpaired) electrons. The summed E-state index contributed by atoms with van der Waals surface area (Å²) in [5.74, 6) is 0.733. The molecule has 5 heterocycles. The van der Waals surface area contributed by atoms with Crippen LogP contribution in [0.15, 0.2) is 48.4 Å². The standard InChI is InChI=1S/C22H20N8/c1-14-2-5-21-26-27-22(30(21)28-14)7-15-3-4-20-16(6-15)8-17(9-24-20)18-10-25-29(13-18)19-11-23-12-19/h2-5,7-10,13,19,23H,6,11-12H2,1H3. The van der Waals surface area contributed by atoms with E-state index < -0.39 is 0 Å². The minimum Gasteiger partial charge on any atom is -0.312 e. The van der Waals surface area contributed by atoms with Gasteiger partial charge in [-0.1, -0.05) is 6.08 Å². The minimum absolute atomic E-state index is 0.456. The molecular formula is C22H20N8. The van der Waals surface area contributed by atoms with Gasteiger partial charge in [-0.2, -0.15) is 14.7 Å². The summed E-state index contributed by atoms with van der Waals surface area (Å²) in [7, 11) is 0. The number of allylic oxidation sites excluding steroid dienone is 2. The van der Waals surface area contributed by atoms with E-state index in [4.69, 9.17) is 0 Å². The molecule has 1 aliphatic heterocycles. The molecule has 1 N–H and O–H groups in total. The van der Waals surface area contributed by atoms with Crippen molar-refractivity contribution < 1.29 is 0 Å². The van der Waals surface area contributed by atoms with E-state index in [1.54, 1.807) is 4.52 Å². The summed E-state index contributed by atoms with van der Waals surface area (Å²) >= 11 is 0. The van der Waals surface area contributed by atoms with Crippen LogP contribution in [-0.4, -0.2) is 47.7 Å². The van der Waals surface area contributed by atoms with Gasteiger partial charge in [0.25, 0.3) is 0 Å². The Kier molecular flexibility index (Phi) is 3.85. The van der Waals surface area contributed by atoms with Gasteiger partial charge in [0, 0.05) is 36.6 Å². The fraction of sp³-hybridized carbons (Fsp3) is 0.227. The van der Waals surface area contributed by atoms with Crippen LogP contribution in [0, 0.1) is 6.92 Å². The molecule has 6 rings (SSSR count). The zero-order valence-electron chi connectivity index (χ0n) is 16.5. The Morgan fingerprint density at radius 2 is 2.03 bits per heavy atom. The molecule has 8 nitrogen and oxygen atoms in total. The first-order valence-electron chi connectivity index (χ1n) is 10.0. The van der Waals surface area contributed by atoms with Crippen molar-refractivity contribution in [1.82, 2.24) is 39.9 Å². The molecule has 0 saturated carbocycles. The van der Waals surface area contributed by atoms with Crippen molar-refractivity contribution in [3.63, 3.8) is 0 Å². The third kappa shape index (κ3) is 2.93. The van der Waals surface area contributed by atoms with E-state index in [0.29, 0.717) is 6.04 Å². The molecular weight excluding hydrogens is 376 g/mol. The minimum atomic E-state index is 0.456. The van der Waals surface area contributed by atoms with Crippen LogP contribution >= 0.6 is 0 Å². The maximum Gasteiger partial charge on any atom is 0.178 e. The molecule has 1 fully saturated rings. The highest BCUT2D eigenvalue weighted by molar-refractivity contribution is 5.69. The number of hydrogen-bond acceptors (Lipinski definition) is 6. The molecule has 0 amide bonds. The van der Waals surface area contributed by atoms with E-state index in [9.17, 15) is 0 Å². The van der Waals surface area contributed by atoms with Gasteiger partial charge in [0.2, 0.25) is 0 Å². The first kappa shape index (κ1) is 17.2. The number of aryl methyl sites for hydroxylation is 1. The van der Waals surface area contributed by atoms with E-state index in [-0.39, 0.29) is 0 Å². The number of nitrogens with one attached hydrogen (secondary N) is 1. The Morgan fingerprint density at radius 1 is 1.10 bits per heavy atom. The molecule has 0 aromatic carbocycles. The molecule has 1 aliphatic carbocycles. The highest BCUT2D eigenvalue weighted by Crippen LogP contribution is 2.28. The van der Waals surface area contributed by atoms with Crippen molar-refractivity contribution in [2.24, 2.45) is 0 Å². The largest absolute Gasteiger partial charge is 0.312 e. The number of fused-ring (bicyclic) bond motifs is 2. The van der Waals surface area contributed by atoms with Crippen molar-refractivity contribution in [2.45, 2.75) is 19.4 Å². The summed E-state index contributed by atoms with van der Waals surface area (Å²) in [4.78, 5) is 4.67. The maximum atomic E-state index is 4.67. The number of hydrogen-bond donors (Lipinski definition) is 1. The van der Waals surface area contributed by atoms with Gasteiger partial charge in [-0.15, -0.1) is 10.2 Å². The molecule has 30 heavy (non-hydrogen) atoms. The molecule has 0 unspecified atom stereocenters. The van der Waals surface area contributed by atoms with Crippen LogP contribution in [0.2, 0.25) is 0 Å². The monoisotopic (exact) mass is 396 g/mol. The molecule has 8 heteroatoms. The molecule has 1 saturated heterocycles. The lowest BCUT2D eigenvalue weighted by atomic mass is 9.95. The van der Waals surface area contributed by atoms with Gasteiger partial charge in [-0.3, -0.25) is 9.67 Å². The normalized spacial score (nSPS) is 17.4. The second-order valence-electron chi connectivity index (χ2n) is 7.82. The summed E-state index contributed by atoms with van der Waals surface area (Å²) in [5, 5.41) is 20.8. The van der Waals surface area contributed by atoms with Gasteiger partial charge in [-0.05, 0) is 54.8 Å². The van der Waals surface area contributed by atoms with Crippen molar-refractivity contribution in [2.75, 3.05) is 13.1 Å². The second kappa shape index (κ2) is 6.70. The van der Waals surface area contributed by atoms with Crippen molar-refractivity contribution >= 4 is 17.8 Å². The summed E-state index contributed by atoms with van der Waals surface area (Å²) in [5.41, 5.74) is 7.21. The highest BCUT2D eigenvalue weighted by atomic mass is 15.4. The topological polar surface area (TPSA) is 85.8 Å². The Hall–Kier alpha value is -3.65. The smallest absolute Gasteiger partial charge is 0.178 e. The van der Waals surface area contributed by atoms with Crippen LogP contribution < -0.4 is 5.32 Å². The maximum absolute atomic E-state index is 4.67. The highest BCUT2D eigenvalue weighted by Gasteiger charge is 2.20. The van der Waals surface area contributed by atoms with E-state index in [1.807, 2.05) is 42.2 Å². The molecule has 0 bridgehead atoms. The third-order valence-electron chi connectivity index (χ3n) is 5.65. The van der Waals surface area contributed by atoms with Crippen LogP contribution in [0.5, 0.6) is 0 Å². The van der Waals surface area contributed by atoms with Crippen molar-refractivity contribution in [1.29, 1.82) is 0 Å².